The zero-order valence-electron chi connectivity index (χ0n) is 31.2. The summed E-state index contributed by atoms with van der Waals surface area (Å²) in [7, 11) is 0. The smallest absolute Gasteiger partial charge is 0.461 e. The van der Waals surface area contributed by atoms with E-state index in [2.05, 4.69) is 21.3 Å². The monoisotopic (exact) mass is 800 g/mol. The van der Waals surface area contributed by atoms with E-state index in [1.807, 2.05) is 5.32 Å². The lowest BCUT2D eigenvalue weighted by Crippen LogP contribution is -2.62. The lowest BCUT2D eigenvalue weighted by Gasteiger charge is -2.33. The summed E-state index contributed by atoms with van der Waals surface area (Å²) < 4.78 is 66.6. The molecule has 0 aromatic heterocycles. The summed E-state index contributed by atoms with van der Waals surface area (Å²) in [5, 5.41) is 29.5. The number of ketones is 1. The van der Waals surface area contributed by atoms with Crippen molar-refractivity contribution in [1.29, 1.82) is 0 Å². The molecule has 0 aromatic rings. The van der Waals surface area contributed by atoms with Crippen LogP contribution in [0.1, 0.15) is 86.5 Å². The topological polar surface area (TPSA) is 257 Å². The summed E-state index contributed by atoms with van der Waals surface area (Å²) in [6, 6.07) is -10.1. The fraction of sp³-hybridized carbons (Fsp3) is 0.727. The third-order valence-electron chi connectivity index (χ3n) is 8.82. The zero-order valence-corrected chi connectivity index (χ0v) is 31.2. The molecule has 0 aromatic carbocycles. The molecule has 0 spiro atoms. The van der Waals surface area contributed by atoms with Gasteiger partial charge in [-0.15, -0.1) is 0 Å². The number of carboxylic acids is 2. The van der Waals surface area contributed by atoms with Crippen molar-refractivity contribution in [3.8, 4) is 0 Å². The van der Waals surface area contributed by atoms with Gasteiger partial charge in [-0.25, -0.2) is 0 Å². The van der Waals surface area contributed by atoms with Crippen LogP contribution in [-0.2, 0) is 43.2 Å². The van der Waals surface area contributed by atoms with Gasteiger partial charge in [0.25, 0.3) is 0 Å². The first-order chi connectivity index (χ1) is 25.3. The number of nitrogens with one attached hydrogen (secondary N) is 5. The average Bonchev–Trinajstić information content (AvgIpc) is 3.56. The van der Waals surface area contributed by atoms with E-state index < -0.39 is 133 Å². The number of alkyl halides is 5. The number of amides is 6. The predicted octanol–water partition coefficient (Wildman–Crippen LogP) is 0.640. The Morgan fingerprint density at radius 3 is 1.69 bits per heavy atom. The zero-order chi connectivity index (χ0) is 42.6. The van der Waals surface area contributed by atoms with Crippen molar-refractivity contribution in [2.45, 2.75) is 135 Å². The second-order valence-electron chi connectivity index (χ2n) is 13.6. The van der Waals surface area contributed by atoms with Gasteiger partial charge in [-0.05, 0) is 31.1 Å². The molecule has 312 valence electrons. The Morgan fingerprint density at radius 2 is 1.24 bits per heavy atom. The Balaban J connectivity index is 3.31. The van der Waals surface area contributed by atoms with Crippen LogP contribution in [0.25, 0.3) is 0 Å². The van der Waals surface area contributed by atoms with Crippen LogP contribution in [0.15, 0.2) is 0 Å². The quantitative estimate of drug-likeness (QED) is 0.0793. The van der Waals surface area contributed by atoms with Crippen molar-refractivity contribution in [1.82, 2.24) is 31.5 Å². The van der Waals surface area contributed by atoms with Crippen LogP contribution in [0, 0.1) is 11.8 Å². The highest BCUT2D eigenvalue weighted by Gasteiger charge is 2.64. The van der Waals surface area contributed by atoms with Crippen molar-refractivity contribution >= 4 is 53.2 Å². The van der Waals surface area contributed by atoms with Crippen LogP contribution < -0.4 is 26.6 Å². The minimum atomic E-state index is -6.21. The van der Waals surface area contributed by atoms with Gasteiger partial charge in [-0.3, -0.25) is 43.2 Å². The lowest BCUT2D eigenvalue weighted by molar-refractivity contribution is -0.269. The van der Waals surface area contributed by atoms with E-state index in [0.29, 0.717) is 0 Å². The maximum Gasteiger partial charge on any atom is 0.461 e. The Morgan fingerprint density at radius 1 is 0.727 bits per heavy atom. The third kappa shape index (κ3) is 13.7. The van der Waals surface area contributed by atoms with E-state index in [0.717, 1.165) is 11.8 Å². The van der Waals surface area contributed by atoms with Crippen molar-refractivity contribution in [3.05, 3.63) is 0 Å². The molecule has 17 nitrogen and oxygen atoms in total. The van der Waals surface area contributed by atoms with Gasteiger partial charge in [0.15, 0.2) is 0 Å². The lowest BCUT2D eigenvalue weighted by atomic mass is 9.95. The van der Waals surface area contributed by atoms with E-state index in [1.54, 1.807) is 6.92 Å². The molecule has 6 amide bonds. The van der Waals surface area contributed by atoms with Crippen molar-refractivity contribution < 1.29 is 75.3 Å². The molecule has 0 radical (unpaired) electrons. The number of carboxylic acid groups (broad SMARTS) is 2. The molecule has 7 atom stereocenters. The number of carbonyl (C=O) groups excluding carboxylic acids is 7. The molecule has 0 bridgehead atoms. The average molecular weight is 801 g/mol. The fourth-order valence-corrected chi connectivity index (χ4v) is 5.66. The molecule has 1 aliphatic rings. The number of carbonyl (C=O) groups is 9. The highest BCUT2D eigenvalue weighted by molar-refractivity contribution is 5.99. The first kappa shape index (κ1) is 48.1. The molecule has 1 unspecified atom stereocenters. The molecule has 55 heavy (non-hydrogen) atoms. The van der Waals surface area contributed by atoms with Crippen LogP contribution in [-0.4, -0.2) is 123 Å². The van der Waals surface area contributed by atoms with E-state index in [1.165, 1.54) is 27.7 Å². The van der Waals surface area contributed by atoms with Gasteiger partial charge in [0.1, 0.15) is 30.2 Å². The Bertz CT molecular complexity index is 1450. The molecule has 0 saturated carbocycles. The molecule has 7 N–H and O–H groups in total. The van der Waals surface area contributed by atoms with Crippen LogP contribution in [0.2, 0.25) is 0 Å². The summed E-state index contributed by atoms with van der Waals surface area (Å²) in [6.07, 6.45) is -8.41. The van der Waals surface area contributed by atoms with Gasteiger partial charge in [0, 0.05) is 13.5 Å². The van der Waals surface area contributed by atoms with Gasteiger partial charge in [0.05, 0.1) is 18.9 Å². The van der Waals surface area contributed by atoms with E-state index >= 15 is 0 Å². The van der Waals surface area contributed by atoms with Crippen molar-refractivity contribution in [3.63, 3.8) is 0 Å². The molecule has 1 saturated heterocycles. The van der Waals surface area contributed by atoms with E-state index in [-0.39, 0.29) is 32.2 Å². The largest absolute Gasteiger partial charge is 0.481 e. The van der Waals surface area contributed by atoms with Crippen molar-refractivity contribution in [2.75, 3.05) is 6.54 Å². The van der Waals surface area contributed by atoms with Gasteiger partial charge in [-0.1, -0.05) is 47.5 Å². The van der Waals surface area contributed by atoms with Crippen LogP contribution in [0.3, 0.4) is 0 Å². The minimum absolute atomic E-state index is 0.0565. The maximum atomic E-state index is 13.9. The molecule has 0 aliphatic carbocycles. The van der Waals surface area contributed by atoms with Gasteiger partial charge in [-0.2, -0.15) is 22.0 Å². The summed E-state index contributed by atoms with van der Waals surface area (Å²) >= 11 is 0. The molecule has 1 rings (SSSR count). The van der Waals surface area contributed by atoms with E-state index in [4.69, 9.17) is 5.11 Å². The number of aliphatic carboxylic acids is 2. The highest BCUT2D eigenvalue weighted by Crippen LogP contribution is 2.37. The summed E-state index contributed by atoms with van der Waals surface area (Å²) in [6.45, 7) is 8.48. The molecule has 1 fully saturated rings. The first-order valence-electron chi connectivity index (χ1n) is 17.5. The number of rotatable bonds is 21. The number of hydrogen-bond acceptors (Lipinski definition) is 9. The summed E-state index contributed by atoms with van der Waals surface area (Å²) in [5.41, 5.74) is 0. The minimum Gasteiger partial charge on any atom is -0.481 e. The number of nitrogens with zero attached hydrogens (tertiary/aromatic N) is 1. The second-order valence-corrected chi connectivity index (χ2v) is 13.6. The van der Waals surface area contributed by atoms with E-state index in [9.17, 15) is 70.2 Å². The standard InChI is InChI=1S/C33H49F5N6O11/c1-7-10-18(26(50)32(34,35)33(36,37)38)40-29(53)21-11-9-12-44(21)31(55)24(15(3)4)42-30(54)25(16(5)8-2)43-28(52)20(14-23(48)49)41-27(51)19(13-22(46)47)39-17(6)45/h15-16,18-21,24-25H,7-14H2,1-6H3,(H,39,45)(H,40,53)(H,41,51)(H,42,54)(H,43,52)(H,46,47)(H,48,49)/t16-,18?,19-,20+,21-,24-,25-/m0/s1. The summed E-state index contributed by atoms with van der Waals surface area (Å²) in [4.78, 5) is 115. The van der Waals surface area contributed by atoms with Gasteiger partial charge in [0.2, 0.25) is 41.2 Å². The predicted molar refractivity (Wildman–Crippen MR) is 180 cm³/mol. The number of likely N-dealkylation sites (tertiary alicyclic amines) is 1. The van der Waals surface area contributed by atoms with Crippen molar-refractivity contribution in [2.24, 2.45) is 11.8 Å². The van der Waals surface area contributed by atoms with Crippen LogP contribution in [0.5, 0.6) is 0 Å². The molecular formula is C33H49F5N6O11. The number of halogens is 5. The molecule has 1 heterocycles. The normalized spacial score (nSPS) is 17.8. The summed E-state index contributed by atoms with van der Waals surface area (Å²) in [5.74, 6) is -19.0. The SMILES string of the molecule is CCCC(NC(=O)[C@@H]1CCCN1C(=O)[C@@H](NC(=O)[C@@H](NC(=O)[C@@H](CC(=O)O)NC(=O)[C@H](CC(=O)O)NC(C)=O)[C@@H](C)CC)C(C)C)C(=O)C(F)(F)C(F)(F)F. The Kier molecular flexibility index (Phi) is 18.1. The Labute approximate surface area is 313 Å². The third-order valence-corrected chi connectivity index (χ3v) is 8.82. The maximum absolute atomic E-state index is 13.9. The van der Waals surface area contributed by atoms with Gasteiger partial charge < -0.3 is 41.7 Å². The second kappa shape index (κ2) is 20.7. The Hall–Kier alpha value is -4.92. The molecular weight excluding hydrogens is 751 g/mol. The molecule has 22 heteroatoms. The highest BCUT2D eigenvalue weighted by atomic mass is 19.4. The first-order valence-corrected chi connectivity index (χ1v) is 17.5. The van der Waals surface area contributed by atoms with Crippen LogP contribution in [0.4, 0.5) is 22.0 Å². The van der Waals surface area contributed by atoms with Crippen LogP contribution >= 0.6 is 0 Å². The number of Topliss-reactive ketones (excluding diaryl/α,β-unsaturated/α-hetero) is 1. The fourth-order valence-electron chi connectivity index (χ4n) is 5.66. The van der Waals surface area contributed by atoms with Gasteiger partial charge >= 0.3 is 24.0 Å². The number of hydrogen-bond donors (Lipinski definition) is 7. The molecule has 1 aliphatic heterocycles.